The molecule has 0 fully saturated rings. The van der Waals surface area contributed by atoms with E-state index in [2.05, 4.69) is 15.7 Å². The third kappa shape index (κ3) is 5.70. The van der Waals surface area contributed by atoms with Crippen LogP contribution in [0, 0.1) is 10.1 Å². The van der Waals surface area contributed by atoms with Crippen LogP contribution in [0.15, 0.2) is 22.5 Å². The molecule has 1 heterocycles. The Bertz CT molecular complexity index is 787. The Labute approximate surface area is 142 Å². The second-order valence-electron chi connectivity index (χ2n) is 4.04. The van der Waals surface area contributed by atoms with Crippen LogP contribution in [0.3, 0.4) is 0 Å². The summed E-state index contributed by atoms with van der Waals surface area (Å²) in [5.41, 5.74) is 1.23. The minimum atomic E-state index is -4.42. The Morgan fingerprint density at radius 2 is 2.04 bits per heavy atom. The van der Waals surface area contributed by atoms with Crippen LogP contribution >= 0.6 is 23.1 Å². The number of nitrogens with zero attached hydrogens (tertiary/aromatic N) is 2. The zero-order chi connectivity index (χ0) is 17.6. The summed E-state index contributed by atoms with van der Waals surface area (Å²) >= 11 is 3.27. The van der Waals surface area contributed by atoms with E-state index in [-0.39, 0.29) is 17.2 Å². The van der Waals surface area contributed by atoms with Crippen LogP contribution in [-0.4, -0.2) is 30.8 Å². The largest absolute Gasteiger partial charge is 0.726 e. The van der Waals surface area contributed by atoms with Gasteiger partial charge in [-0.05, 0) is 31.9 Å². The number of non-ortho nitro benzene ring substituents is 1. The van der Waals surface area contributed by atoms with E-state index >= 15 is 0 Å². The van der Waals surface area contributed by atoms with Gasteiger partial charge >= 0.3 is 0 Å². The van der Waals surface area contributed by atoms with E-state index in [0.717, 1.165) is 16.8 Å². The fourth-order valence-corrected chi connectivity index (χ4v) is 4.09. The van der Waals surface area contributed by atoms with E-state index < -0.39 is 10.4 Å². The van der Waals surface area contributed by atoms with Gasteiger partial charge in [0.15, 0.2) is 0 Å². The van der Waals surface area contributed by atoms with Gasteiger partial charge in [-0.1, -0.05) is 11.3 Å². The molecule has 0 saturated carbocycles. The van der Waals surface area contributed by atoms with Crippen molar-refractivity contribution in [2.24, 2.45) is 0 Å². The molecule has 0 atom stereocenters. The lowest BCUT2D eigenvalue weighted by molar-refractivity contribution is -0.698. The molecule has 128 valence electrons. The molecule has 0 saturated heterocycles. The third-order valence-electron chi connectivity index (χ3n) is 2.62. The molecule has 0 spiro atoms. The Morgan fingerprint density at radius 3 is 2.43 bits per heavy atom. The Morgan fingerprint density at radius 1 is 1.39 bits per heavy atom. The molecule has 0 bridgehead atoms. The molecule has 0 N–H and O–H groups in total. The van der Waals surface area contributed by atoms with E-state index in [9.17, 15) is 23.1 Å². The van der Waals surface area contributed by atoms with Crippen LogP contribution in [0.5, 0.6) is 0 Å². The normalized spacial score (nSPS) is 11.1. The number of nitro groups is 1. The highest BCUT2D eigenvalue weighted by Crippen LogP contribution is 2.29. The number of hydrogen-bond donors (Lipinski definition) is 0. The summed E-state index contributed by atoms with van der Waals surface area (Å²) < 4.78 is 36.3. The molecule has 2 aromatic rings. The Balaban J connectivity index is 0.000000322. The molecule has 0 unspecified atom stereocenters. The van der Waals surface area contributed by atoms with E-state index in [4.69, 9.17) is 0 Å². The summed E-state index contributed by atoms with van der Waals surface area (Å²) in [7, 11) is -4.42. The second kappa shape index (κ2) is 8.55. The summed E-state index contributed by atoms with van der Waals surface area (Å²) in [5, 5.41) is 10.7. The van der Waals surface area contributed by atoms with Gasteiger partial charge in [0.1, 0.15) is 11.2 Å². The van der Waals surface area contributed by atoms with E-state index in [1.54, 1.807) is 35.2 Å². The number of hydrogen-bond acceptors (Lipinski definition) is 8. The van der Waals surface area contributed by atoms with Crippen LogP contribution in [0.4, 0.5) is 5.69 Å². The molecule has 23 heavy (non-hydrogen) atoms. The van der Waals surface area contributed by atoms with Crippen molar-refractivity contribution >= 4 is 49.4 Å². The fraction of sp³-hybridized carbons (Fsp3) is 0.417. The maximum atomic E-state index is 10.7. The number of fused-ring (bicyclic) bond motifs is 1. The lowest BCUT2D eigenvalue weighted by atomic mass is 10.3. The minimum absolute atomic E-state index is 0.0914. The molecule has 11 heteroatoms. The first-order valence-electron chi connectivity index (χ1n) is 6.48. The van der Waals surface area contributed by atoms with Gasteiger partial charge in [0, 0.05) is 18.2 Å². The lowest BCUT2D eigenvalue weighted by Gasteiger charge is -2.02. The predicted octanol–water partition coefficient (Wildman–Crippen LogP) is 2.32. The van der Waals surface area contributed by atoms with Gasteiger partial charge in [-0.3, -0.25) is 14.3 Å². The quantitative estimate of drug-likeness (QED) is 0.195. The molecular formula is C12H16N2O6S3. The van der Waals surface area contributed by atoms with Crippen LogP contribution in [0.1, 0.15) is 13.8 Å². The fourth-order valence-electron chi connectivity index (χ4n) is 1.76. The van der Waals surface area contributed by atoms with Crippen molar-refractivity contribution in [2.45, 2.75) is 24.7 Å². The van der Waals surface area contributed by atoms with Gasteiger partial charge < -0.3 is 4.55 Å². The summed E-state index contributed by atoms with van der Waals surface area (Å²) in [5.74, 6) is 0. The molecule has 0 amide bonds. The first-order chi connectivity index (χ1) is 10.7. The molecule has 0 aliphatic rings. The smallest absolute Gasteiger partial charge is 0.298 e. The van der Waals surface area contributed by atoms with E-state index in [1.165, 1.54) is 11.3 Å². The molecule has 2 rings (SSSR count). The Kier molecular flexibility index (Phi) is 7.35. The average molecular weight is 380 g/mol. The number of thioether (sulfide) groups is 1. The monoisotopic (exact) mass is 380 g/mol. The maximum Gasteiger partial charge on any atom is 0.298 e. The molecular weight excluding hydrogens is 364 g/mol. The molecule has 0 radical (unpaired) electrons. The van der Waals surface area contributed by atoms with Crippen molar-refractivity contribution < 1.29 is 26.6 Å². The standard InChI is InChI=1S/C10H11N2O2S2.C2H6O4S/c1-3-11-8-5-4-7(12(13)14)6-9(8)16-10(11)15-2;1-2-6-7(3,4)5/h4-6H,3H2,1-2H3;2H2,1H3,(H,3,4,5)/q+1;/p-1. The van der Waals surface area contributed by atoms with E-state index in [1.807, 2.05) is 12.3 Å². The van der Waals surface area contributed by atoms with Gasteiger partial charge in [0.25, 0.3) is 10.0 Å². The zero-order valence-corrected chi connectivity index (χ0v) is 15.2. The van der Waals surface area contributed by atoms with Crippen molar-refractivity contribution in [1.82, 2.24) is 0 Å². The lowest BCUT2D eigenvalue weighted by Crippen LogP contribution is -2.32. The van der Waals surface area contributed by atoms with Crippen molar-refractivity contribution in [3.05, 3.63) is 28.3 Å². The highest BCUT2D eigenvalue weighted by Gasteiger charge is 2.20. The molecule has 1 aromatic carbocycles. The molecule has 0 aliphatic heterocycles. The summed E-state index contributed by atoms with van der Waals surface area (Å²) in [6, 6.07) is 5.03. The highest BCUT2D eigenvalue weighted by molar-refractivity contribution is 8.00. The number of thiazole rings is 1. The minimum Gasteiger partial charge on any atom is -0.726 e. The number of benzene rings is 1. The maximum absolute atomic E-state index is 10.7. The zero-order valence-electron chi connectivity index (χ0n) is 12.7. The van der Waals surface area contributed by atoms with Crippen molar-refractivity contribution in [3.8, 4) is 0 Å². The van der Waals surface area contributed by atoms with Gasteiger partial charge in [0.2, 0.25) is 15.9 Å². The molecule has 0 aliphatic carbocycles. The van der Waals surface area contributed by atoms with Gasteiger partial charge in [-0.15, -0.1) is 0 Å². The number of nitro benzene ring substituents is 1. The van der Waals surface area contributed by atoms with Crippen LogP contribution in [-0.2, 0) is 21.1 Å². The van der Waals surface area contributed by atoms with Crippen LogP contribution in [0.25, 0.3) is 10.2 Å². The van der Waals surface area contributed by atoms with Crippen LogP contribution < -0.4 is 4.57 Å². The number of aryl methyl sites for hydroxylation is 1. The van der Waals surface area contributed by atoms with Gasteiger partial charge in [-0.2, -0.15) is 4.57 Å². The molecule has 8 nitrogen and oxygen atoms in total. The summed E-state index contributed by atoms with van der Waals surface area (Å²) in [6.07, 6.45) is 2.02. The predicted molar refractivity (Wildman–Crippen MR) is 87.5 cm³/mol. The van der Waals surface area contributed by atoms with Crippen molar-refractivity contribution in [1.29, 1.82) is 0 Å². The first kappa shape index (κ1) is 19.8. The van der Waals surface area contributed by atoms with Crippen LogP contribution in [0.2, 0.25) is 0 Å². The molecule has 1 aromatic heterocycles. The highest BCUT2D eigenvalue weighted by atomic mass is 32.3. The summed E-state index contributed by atoms with van der Waals surface area (Å²) in [6.45, 7) is 4.29. The van der Waals surface area contributed by atoms with Crippen molar-refractivity contribution in [3.63, 3.8) is 0 Å². The number of aromatic nitrogens is 1. The van der Waals surface area contributed by atoms with Gasteiger partial charge in [0.05, 0.1) is 11.5 Å². The second-order valence-corrected chi connectivity index (χ2v) is 7.18. The third-order valence-corrected chi connectivity index (χ3v) is 5.40. The summed E-state index contributed by atoms with van der Waals surface area (Å²) in [4.78, 5) is 10.3. The van der Waals surface area contributed by atoms with Crippen molar-refractivity contribution in [2.75, 3.05) is 12.9 Å². The number of rotatable bonds is 5. The van der Waals surface area contributed by atoms with Gasteiger partial charge in [-0.25, -0.2) is 8.42 Å². The topological polar surface area (TPSA) is 113 Å². The SMILES string of the molecule is CCOS(=O)(=O)[O-].CC[n+]1c(SC)sc2cc([N+](=O)[O-])ccc21. The Hall–Kier alpha value is -1.27. The average Bonchev–Trinajstić information content (AvgIpc) is 2.83. The van der Waals surface area contributed by atoms with E-state index in [0.29, 0.717) is 0 Å². The first-order valence-corrected chi connectivity index (χ1v) is 9.85.